The molecule has 0 aromatic carbocycles. The fraction of sp³-hybridized carbons (Fsp3) is 0.863. The fourth-order valence-corrected chi connectivity index (χ4v) is 7.14. The normalized spacial score (nSPS) is 12.1. The predicted octanol–water partition coefficient (Wildman–Crippen LogP) is 16.0. The van der Waals surface area contributed by atoms with E-state index < -0.39 is 6.10 Å². The summed E-state index contributed by atoms with van der Waals surface area (Å²) in [4.78, 5) is 37.8. The maximum Gasteiger partial charge on any atom is 0.306 e. The average Bonchev–Trinajstić information content (AvgIpc) is 3.21. The predicted molar refractivity (Wildman–Crippen MR) is 243 cm³/mol. The molecular formula is C51H94O6. The van der Waals surface area contributed by atoms with Gasteiger partial charge < -0.3 is 14.2 Å². The zero-order chi connectivity index (χ0) is 41.5. The van der Waals surface area contributed by atoms with Crippen molar-refractivity contribution in [2.45, 2.75) is 271 Å². The van der Waals surface area contributed by atoms with Gasteiger partial charge in [-0.1, -0.05) is 199 Å². The molecule has 6 heteroatoms. The monoisotopic (exact) mass is 803 g/mol. The minimum atomic E-state index is -0.773. The van der Waals surface area contributed by atoms with E-state index in [9.17, 15) is 14.4 Å². The van der Waals surface area contributed by atoms with Crippen molar-refractivity contribution in [1.29, 1.82) is 0 Å². The van der Waals surface area contributed by atoms with Gasteiger partial charge in [-0.15, -0.1) is 0 Å². The Kier molecular flexibility index (Phi) is 44.9. The van der Waals surface area contributed by atoms with Gasteiger partial charge in [-0.2, -0.15) is 0 Å². The zero-order valence-electron chi connectivity index (χ0n) is 38.1. The molecule has 0 radical (unpaired) electrons. The molecule has 0 unspecified atom stereocenters. The lowest BCUT2D eigenvalue weighted by Gasteiger charge is -2.18. The van der Waals surface area contributed by atoms with Crippen LogP contribution in [0.25, 0.3) is 0 Å². The quantitative estimate of drug-likeness (QED) is 0.0264. The Hall–Kier alpha value is -2.11. The minimum absolute atomic E-state index is 0.0738. The number of carbonyl (C=O) groups excluding carboxylic acids is 3. The van der Waals surface area contributed by atoms with Crippen molar-refractivity contribution in [2.75, 3.05) is 13.2 Å². The van der Waals surface area contributed by atoms with Crippen LogP contribution < -0.4 is 0 Å². The van der Waals surface area contributed by atoms with Crippen LogP contribution in [0.2, 0.25) is 0 Å². The van der Waals surface area contributed by atoms with E-state index in [0.29, 0.717) is 19.3 Å². The molecule has 0 rings (SSSR count). The van der Waals surface area contributed by atoms with Crippen LogP contribution in [-0.4, -0.2) is 37.2 Å². The highest BCUT2D eigenvalue weighted by molar-refractivity contribution is 5.71. The van der Waals surface area contributed by atoms with Gasteiger partial charge in [0.1, 0.15) is 13.2 Å². The molecule has 0 aromatic rings. The van der Waals surface area contributed by atoms with Crippen molar-refractivity contribution in [2.24, 2.45) is 0 Å². The third kappa shape index (κ3) is 44.8. The third-order valence-corrected chi connectivity index (χ3v) is 10.9. The van der Waals surface area contributed by atoms with E-state index in [1.807, 2.05) is 0 Å². The van der Waals surface area contributed by atoms with E-state index in [2.05, 4.69) is 45.1 Å². The molecule has 0 bridgehead atoms. The van der Waals surface area contributed by atoms with Gasteiger partial charge in [-0.05, 0) is 70.6 Å². The van der Waals surface area contributed by atoms with Crippen molar-refractivity contribution >= 4 is 17.9 Å². The number of hydrogen-bond acceptors (Lipinski definition) is 6. The van der Waals surface area contributed by atoms with Crippen LogP contribution in [0.3, 0.4) is 0 Å². The summed E-state index contributed by atoms with van der Waals surface area (Å²) in [6, 6.07) is 0. The van der Waals surface area contributed by atoms with Crippen LogP contribution in [0.1, 0.15) is 265 Å². The van der Waals surface area contributed by atoms with Crippen molar-refractivity contribution in [3.8, 4) is 0 Å². The number of rotatable bonds is 45. The van der Waals surface area contributed by atoms with E-state index in [4.69, 9.17) is 14.2 Å². The van der Waals surface area contributed by atoms with Crippen LogP contribution >= 0.6 is 0 Å². The molecule has 1 atom stereocenters. The summed E-state index contributed by atoms with van der Waals surface area (Å²) in [6.07, 6.45) is 51.5. The SMILES string of the molecule is CCCCCCC=CCCCCCCCC(=O)OC[C@@H](COC(=O)CCCCCCCCCCCCCCC)OC(=O)CCCCCCCC=CCCCCCC. The van der Waals surface area contributed by atoms with Gasteiger partial charge in [0.05, 0.1) is 0 Å². The van der Waals surface area contributed by atoms with Gasteiger partial charge in [0.25, 0.3) is 0 Å². The molecule has 0 saturated carbocycles. The molecular weight excluding hydrogens is 709 g/mol. The molecule has 6 nitrogen and oxygen atoms in total. The zero-order valence-corrected chi connectivity index (χ0v) is 38.1. The average molecular weight is 803 g/mol. The van der Waals surface area contributed by atoms with Crippen molar-refractivity contribution in [3.63, 3.8) is 0 Å². The largest absolute Gasteiger partial charge is 0.462 e. The van der Waals surface area contributed by atoms with Gasteiger partial charge >= 0.3 is 17.9 Å². The van der Waals surface area contributed by atoms with Crippen LogP contribution in [0.5, 0.6) is 0 Å². The summed E-state index contributed by atoms with van der Waals surface area (Å²) in [5.41, 5.74) is 0. The highest BCUT2D eigenvalue weighted by Gasteiger charge is 2.19. The van der Waals surface area contributed by atoms with Gasteiger partial charge in [-0.25, -0.2) is 0 Å². The molecule has 0 amide bonds. The molecule has 0 heterocycles. The first kappa shape index (κ1) is 54.9. The molecule has 334 valence electrons. The number of hydrogen-bond donors (Lipinski definition) is 0. The van der Waals surface area contributed by atoms with Crippen LogP contribution in [0.4, 0.5) is 0 Å². The lowest BCUT2D eigenvalue weighted by molar-refractivity contribution is -0.167. The Morgan fingerprint density at radius 1 is 0.333 bits per heavy atom. The summed E-state index contributed by atoms with van der Waals surface area (Å²) < 4.78 is 16.8. The Labute approximate surface area is 353 Å². The Bertz CT molecular complexity index is 927. The molecule has 57 heavy (non-hydrogen) atoms. The number of unbranched alkanes of at least 4 members (excludes halogenated alkanes) is 30. The molecule has 0 aliphatic carbocycles. The highest BCUT2D eigenvalue weighted by Crippen LogP contribution is 2.15. The third-order valence-electron chi connectivity index (χ3n) is 10.9. The van der Waals surface area contributed by atoms with Crippen molar-refractivity contribution in [1.82, 2.24) is 0 Å². The number of esters is 3. The van der Waals surface area contributed by atoms with Crippen LogP contribution in [-0.2, 0) is 28.6 Å². The van der Waals surface area contributed by atoms with Crippen molar-refractivity contribution < 1.29 is 28.6 Å². The van der Waals surface area contributed by atoms with Crippen LogP contribution in [0.15, 0.2) is 24.3 Å². The number of ether oxygens (including phenoxy) is 3. The van der Waals surface area contributed by atoms with E-state index in [0.717, 1.165) is 70.6 Å². The molecule has 0 aliphatic heterocycles. The topological polar surface area (TPSA) is 78.9 Å². The first-order chi connectivity index (χ1) is 28.0. The minimum Gasteiger partial charge on any atom is -0.462 e. The van der Waals surface area contributed by atoms with E-state index in [1.165, 1.54) is 154 Å². The Morgan fingerprint density at radius 2 is 0.579 bits per heavy atom. The second-order valence-corrected chi connectivity index (χ2v) is 16.7. The molecule has 0 spiro atoms. The fourth-order valence-electron chi connectivity index (χ4n) is 7.14. The Balaban J connectivity index is 4.37. The van der Waals surface area contributed by atoms with Gasteiger partial charge in [0.15, 0.2) is 6.10 Å². The lowest BCUT2D eigenvalue weighted by Crippen LogP contribution is -2.30. The second-order valence-electron chi connectivity index (χ2n) is 16.7. The highest BCUT2D eigenvalue weighted by atomic mass is 16.6. The summed E-state index contributed by atoms with van der Waals surface area (Å²) in [6.45, 7) is 6.61. The number of carbonyl (C=O) groups is 3. The molecule has 0 aromatic heterocycles. The lowest BCUT2D eigenvalue weighted by atomic mass is 10.0. The molecule has 0 aliphatic rings. The maximum absolute atomic E-state index is 12.7. The standard InChI is InChI=1S/C51H94O6/c1-4-7-10-13-16-19-22-25-28-31-34-37-40-43-49(52)55-46-48(57-51(54)45-42-39-36-33-30-27-24-21-18-15-12-9-6-3)47-56-50(53)44-41-38-35-32-29-26-23-20-17-14-11-8-5-2/h19,21-22,24,48H,4-18,20,23,25-47H2,1-3H3/t48-/m0/s1. The molecule has 0 saturated heterocycles. The van der Waals surface area contributed by atoms with Crippen molar-refractivity contribution in [3.05, 3.63) is 24.3 Å². The number of allylic oxidation sites excluding steroid dienone is 4. The van der Waals surface area contributed by atoms with Gasteiger partial charge in [0, 0.05) is 19.3 Å². The Morgan fingerprint density at radius 3 is 0.895 bits per heavy atom. The van der Waals surface area contributed by atoms with Crippen LogP contribution in [0, 0.1) is 0 Å². The summed E-state index contributed by atoms with van der Waals surface area (Å²) in [7, 11) is 0. The smallest absolute Gasteiger partial charge is 0.306 e. The summed E-state index contributed by atoms with van der Waals surface area (Å²) in [5, 5.41) is 0. The first-order valence-electron chi connectivity index (χ1n) is 24.8. The molecule has 0 fully saturated rings. The summed E-state index contributed by atoms with van der Waals surface area (Å²) >= 11 is 0. The maximum atomic E-state index is 12.7. The van der Waals surface area contributed by atoms with Gasteiger partial charge in [0.2, 0.25) is 0 Å². The van der Waals surface area contributed by atoms with E-state index >= 15 is 0 Å². The molecule has 0 N–H and O–H groups in total. The van der Waals surface area contributed by atoms with E-state index in [1.54, 1.807) is 0 Å². The summed E-state index contributed by atoms with van der Waals surface area (Å²) in [5.74, 6) is -0.883. The van der Waals surface area contributed by atoms with Gasteiger partial charge in [-0.3, -0.25) is 14.4 Å². The first-order valence-corrected chi connectivity index (χ1v) is 24.8. The second kappa shape index (κ2) is 46.6. The van der Waals surface area contributed by atoms with E-state index in [-0.39, 0.29) is 31.1 Å².